The first-order valence-electron chi connectivity index (χ1n) is 4.56. The molecule has 5 nitrogen and oxygen atoms in total. The van der Waals surface area contributed by atoms with Crippen molar-refractivity contribution in [1.82, 2.24) is 4.90 Å². The van der Waals surface area contributed by atoms with Gasteiger partial charge >= 0.3 is 5.97 Å². The number of carbonyl (C=O) groups is 2. The molecule has 1 rings (SSSR count). The van der Waals surface area contributed by atoms with E-state index in [0.29, 0.717) is 13.0 Å². The van der Waals surface area contributed by atoms with Crippen molar-refractivity contribution >= 4 is 11.9 Å². The zero-order chi connectivity index (χ0) is 10.6. The Morgan fingerprint density at radius 3 is 2.79 bits per heavy atom. The van der Waals surface area contributed by atoms with E-state index in [1.54, 1.807) is 6.07 Å². The van der Waals surface area contributed by atoms with E-state index in [4.69, 9.17) is 10.4 Å². The Morgan fingerprint density at radius 1 is 1.50 bits per heavy atom. The fraction of sp³-hybridized carbons (Fsp3) is 0.667. The molecule has 14 heavy (non-hydrogen) atoms. The standard InChI is InChI=1S/C9H12N2O3/c10-5-4-8(12)11-6-2-1-3-7(11)9(13)14/h7H,1-4,6H2,(H,13,14)/t7-/m0/s1. The van der Waals surface area contributed by atoms with Gasteiger partial charge in [-0.3, -0.25) is 4.79 Å². The molecule has 1 aliphatic rings. The van der Waals surface area contributed by atoms with E-state index in [1.165, 1.54) is 4.90 Å². The number of aliphatic carboxylic acids is 1. The fourth-order valence-corrected chi connectivity index (χ4v) is 1.66. The number of hydrogen-bond donors (Lipinski definition) is 1. The lowest BCUT2D eigenvalue weighted by molar-refractivity contribution is -0.151. The number of likely N-dealkylation sites (tertiary alicyclic amines) is 1. The molecule has 0 aromatic carbocycles. The van der Waals surface area contributed by atoms with Crippen molar-refractivity contribution in [2.24, 2.45) is 0 Å². The number of piperidine rings is 1. The van der Waals surface area contributed by atoms with Crippen molar-refractivity contribution in [2.45, 2.75) is 31.7 Å². The monoisotopic (exact) mass is 196 g/mol. The van der Waals surface area contributed by atoms with Crippen LogP contribution in [0.1, 0.15) is 25.7 Å². The molecule has 0 bridgehead atoms. The Bertz CT molecular complexity index is 282. The van der Waals surface area contributed by atoms with Crippen LogP contribution in [0.4, 0.5) is 0 Å². The van der Waals surface area contributed by atoms with Crippen molar-refractivity contribution in [1.29, 1.82) is 5.26 Å². The van der Waals surface area contributed by atoms with Gasteiger partial charge in [0, 0.05) is 6.54 Å². The molecular formula is C9H12N2O3. The maximum atomic E-state index is 11.4. The number of carbonyl (C=O) groups excluding carboxylic acids is 1. The van der Waals surface area contributed by atoms with Crippen LogP contribution in [0.15, 0.2) is 0 Å². The van der Waals surface area contributed by atoms with Gasteiger partial charge in [-0.05, 0) is 19.3 Å². The average Bonchev–Trinajstić information content (AvgIpc) is 2.18. The maximum Gasteiger partial charge on any atom is 0.326 e. The third-order valence-corrected chi connectivity index (χ3v) is 2.34. The quantitative estimate of drug-likeness (QED) is 0.691. The van der Waals surface area contributed by atoms with Gasteiger partial charge in [0.1, 0.15) is 12.5 Å². The summed E-state index contributed by atoms with van der Waals surface area (Å²) in [6.45, 7) is 0.456. The van der Waals surface area contributed by atoms with Gasteiger partial charge < -0.3 is 10.0 Å². The van der Waals surface area contributed by atoms with E-state index in [1.807, 2.05) is 0 Å². The van der Waals surface area contributed by atoms with Gasteiger partial charge in [0.25, 0.3) is 0 Å². The van der Waals surface area contributed by atoms with E-state index in [9.17, 15) is 9.59 Å². The second kappa shape index (κ2) is 4.61. The molecule has 1 saturated heterocycles. The van der Waals surface area contributed by atoms with Gasteiger partial charge in [0.2, 0.25) is 5.91 Å². The summed E-state index contributed by atoms with van der Waals surface area (Å²) >= 11 is 0. The normalized spacial score (nSPS) is 21.4. The summed E-state index contributed by atoms with van der Waals surface area (Å²) in [6.07, 6.45) is 1.91. The summed E-state index contributed by atoms with van der Waals surface area (Å²) in [5.74, 6) is -1.35. The summed E-state index contributed by atoms with van der Waals surface area (Å²) in [5, 5.41) is 17.2. The number of nitrogens with zero attached hydrogens (tertiary/aromatic N) is 2. The Kier molecular flexibility index (Phi) is 3.46. The molecule has 1 atom stereocenters. The minimum atomic E-state index is -0.976. The molecule has 1 aliphatic heterocycles. The van der Waals surface area contributed by atoms with Gasteiger partial charge in [0.15, 0.2) is 0 Å². The number of amides is 1. The van der Waals surface area contributed by atoms with Crippen LogP contribution < -0.4 is 0 Å². The van der Waals surface area contributed by atoms with E-state index in [2.05, 4.69) is 0 Å². The lowest BCUT2D eigenvalue weighted by atomic mass is 10.0. The van der Waals surface area contributed by atoms with E-state index in [-0.39, 0.29) is 12.3 Å². The second-order valence-electron chi connectivity index (χ2n) is 3.27. The van der Waals surface area contributed by atoms with Crippen molar-refractivity contribution in [3.05, 3.63) is 0 Å². The van der Waals surface area contributed by atoms with Gasteiger partial charge in [-0.15, -0.1) is 0 Å². The van der Waals surface area contributed by atoms with Crippen LogP contribution in [-0.4, -0.2) is 34.5 Å². The highest BCUT2D eigenvalue weighted by molar-refractivity contribution is 5.84. The molecule has 76 valence electrons. The molecule has 0 aliphatic carbocycles. The first kappa shape index (κ1) is 10.5. The molecule has 1 fully saturated rings. The van der Waals surface area contributed by atoms with Crippen LogP contribution in [0.2, 0.25) is 0 Å². The molecule has 0 radical (unpaired) electrons. The lowest BCUT2D eigenvalue weighted by Gasteiger charge is -2.32. The summed E-state index contributed by atoms with van der Waals surface area (Å²) in [4.78, 5) is 23.5. The molecule has 1 heterocycles. The average molecular weight is 196 g/mol. The highest BCUT2D eigenvalue weighted by Gasteiger charge is 2.31. The first-order chi connectivity index (χ1) is 6.66. The topological polar surface area (TPSA) is 81.4 Å². The Morgan fingerprint density at radius 2 is 2.21 bits per heavy atom. The molecule has 0 spiro atoms. The van der Waals surface area contributed by atoms with Gasteiger partial charge in [-0.25, -0.2) is 4.79 Å². The van der Waals surface area contributed by atoms with Gasteiger partial charge in [-0.2, -0.15) is 5.26 Å². The molecule has 0 saturated carbocycles. The van der Waals surface area contributed by atoms with Crippen LogP contribution in [0, 0.1) is 11.3 Å². The number of carboxylic acids is 1. The lowest BCUT2D eigenvalue weighted by Crippen LogP contribution is -2.47. The minimum absolute atomic E-state index is 0.232. The van der Waals surface area contributed by atoms with E-state index >= 15 is 0 Å². The predicted octanol–water partition coefficient (Wildman–Crippen LogP) is 0.366. The van der Waals surface area contributed by atoms with Crippen molar-refractivity contribution in [3.63, 3.8) is 0 Å². The van der Waals surface area contributed by atoms with Crippen LogP contribution >= 0.6 is 0 Å². The highest BCUT2D eigenvalue weighted by atomic mass is 16.4. The second-order valence-corrected chi connectivity index (χ2v) is 3.27. The Labute approximate surface area is 81.9 Å². The Hall–Kier alpha value is -1.57. The number of nitriles is 1. The van der Waals surface area contributed by atoms with Crippen LogP contribution in [0.5, 0.6) is 0 Å². The molecule has 1 N–H and O–H groups in total. The zero-order valence-corrected chi connectivity index (χ0v) is 7.77. The van der Waals surface area contributed by atoms with E-state index in [0.717, 1.165) is 12.8 Å². The van der Waals surface area contributed by atoms with Crippen molar-refractivity contribution in [3.8, 4) is 6.07 Å². The fourth-order valence-electron chi connectivity index (χ4n) is 1.66. The summed E-state index contributed by atoms with van der Waals surface area (Å²) in [7, 11) is 0. The highest BCUT2D eigenvalue weighted by Crippen LogP contribution is 2.17. The molecular weight excluding hydrogens is 184 g/mol. The molecule has 0 aromatic heterocycles. The summed E-state index contributed by atoms with van der Waals surface area (Å²) < 4.78 is 0. The van der Waals surface area contributed by atoms with E-state index < -0.39 is 12.0 Å². The van der Waals surface area contributed by atoms with Crippen LogP contribution in [0.3, 0.4) is 0 Å². The number of hydrogen-bond acceptors (Lipinski definition) is 3. The largest absolute Gasteiger partial charge is 0.480 e. The molecule has 5 heteroatoms. The number of carboxylic acid groups (broad SMARTS) is 1. The summed E-state index contributed by atoms with van der Waals surface area (Å²) in [5.41, 5.74) is 0. The Balaban J connectivity index is 2.68. The summed E-state index contributed by atoms with van der Waals surface area (Å²) in [6, 6.07) is 1.01. The third kappa shape index (κ3) is 2.22. The minimum Gasteiger partial charge on any atom is -0.480 e. The third-order valence-electron chi connectivity index (χ3n) is 2.34. The van der Waals surface area contributed by atoms with Gasteiger partial charge in [-0.1, -0.05) is 0 Å². The predicted molar refractivity (Wildman–Crippen MR) is 47.2 cm³/mol. The zero-order valence-electron chi connectivity index (χ0n) is 7.77. The van der Waals surface area contributed by atoms with Gasteiger partial charge in [0.05, 0.1) is 6.07 Å². The van der Waals surface area contributed by atoms with Crippen LogP contribution in [-0.2, 0) is 9.59 Å². The van der Waals surface area contributed by atoms with Crippen LogP contribution in [0.25, 0.3) is 0 Å². The maximum absolute atomic E-state index is 11.4. The SMILES string of the molecule is N#CCC(=O)N1CCCC[C@H]1C(=O)O. The first-order valence-corrected chi connectivity index (χ1v) is 4.56. The van der Waals surface area contributed by atoms with Crippen molar-refractivity contribution in [2.75, 3.05) is 6.54 Å². The smallest absolute Gasteiger partial charge is 0.326 e. The van der Waals surface area contributed by atoms with Crippen molar-refractivity contribution < 1.29 is 14.7 Å². The molecule has 0 aromatic rings. The molecule has 0 unspecified atom stereocenters. The molecule has 1 amide bonds. The number of rotatable bonds is 2.